The number of rotatable bonds is 0. The Labute approximate surface area is 48.5 Å². The molecule has 0 unspecified atom stereocenters. The molecule has 5 heavy (non-hydrogen) atoms. The van der Waals surface area contributed by atoms with Crippen LogP contribution in [0.1, 0.15) is 6.92 Å². The van der Waals surface area contributed by atoms with Gasteiger partial charge in [0.25, 0.3) is 0 Å². The molecule has 0 atom stereocenters. The standard InChI is InChI=1S/C3H5.CH3.W/c1-3-2;;/h1H2,2H3;1H3;/q2*-1;+2. The molecule has 0 saturated carbocycles. The SMILES string of the molecule is C=[C-]C.[CH3-].[W+2]. The first-order valence-electron chi connectivity index (χ1n) is 0.854. The van der Waals surface area contributed by atoms with Gasteiger partial charge in [-0.1, -0.05) is 0 Å². The zero-order valence-corrected chi connectivity index (χ0v) is 6.55. The molecule has 30 valence electrons. The summed E-state index contributed by atoms with van der Waals surface area (Å²) in [5, 5.41) is 0. The van der Waals surface area contributed by atoms with E-state index in [4.69, 9.17) is 0 Å². The molecule has 0 aromatic heterocycles. The fourth-order valence-corrected chi connectivity index (χ4v) is 0. The van der Waals surface area contributed by atoms with Crippen molar-refractivity contribution in [3.05, 3.63) is 20.1 Å². The summed E-state index contributed by atoms with van der Waals surface area (Å²) in [6.07, 6.45) is 2.50. The zero-order chi connectivity index (χ0) is 2.71. The summed E-state index contributed by atoms with van der Waals surface area (Å²) in [7, 11) is 0. The average Bonchev–Trinajstić information content (AvgIpc) is 0.918. The first-order chi connectivity index (χ1) is 1.41. The minimum Gasteiger partial charge on any atom is -0.507 e. The van der Waals surface area contributed by atoms with E-state index in [1.807, 2.05) is 0 Å². The van der Waals surface area contributed by atoms with Crippen LogP contribution in [0, 0.1) is 13.5 Å². The van der Waals surface area contributed by atoms with Crippen molar-refractivity contribution in [1.82, 2.24) is 0 Å². The molecule has 0 aliphatic rings. The van der Waals surface area contributed by atoms with Crippen molar-refractivity contribution in [2.45, 2.75) is 6.92 Å². The van der Waals surface area contributed by atoms with E-state index in [9.17, 15) is 0 Å². The van der Waals surface area contributed by atoms with E-state index in [-0.39, 0.29) is 28.5 Å². The van der Waals surface area contributed by atoms with E-state index in [0.29, 0.717) is 0 Å². The molecule has 0 aliphatic carbocycles. The summed E-state index contributed by atoms with van der Waals surface area (Å²) in [5.41, 5.74) is 0. The van der Waals surface area contributed by atoms with E-state index < -0.39 is 0 Å². The molecule has 1 heteroatoms. The van der Waals surface area contributed by atoms with Crippen LogP contribution in [-0.4, -0.2) is 0 Å². The Bertz CT molecular complexity index is 11.1. The molecule has 0 N–H and O–H groups in total. The topological polar surface area (TPSA) is 0 Å². The minimum atomic E-state index is 0. The van der Waals surface area contributed by atoms with Gasteiger partial charge in [0.2, 0.25) is 0 Å². The third kappa shape index (κ3) is 142. The monoisotopic (exact) mass is 240 g/mol. The van der Waals surface area contributed by atoms with Crippen LogP contribution in [0.5, 0.6) is 0 Å². The maximum absolute atomic E-state index is 3.24. The predicted molar refractivity (Wildman–Crippen MR) is 21.0 cm³/mol. The van der Waals surface area contributed by atoms with E-state index in [0.717, 1.165) is 0 Å². The van der Waals surface area contributed by atoms with Gasteiger partial charge in [0.05, 0.1) is 0 Å². The fraction of sp³-hybridized carbons (Fsp3) is 0.250. The van der Waals surface area contributed by atoms with E-state index >= 15 is 0 Å². The summed E-state index contributed by atoms with van der Waals surface area (Å²) >= 11 is 0. The fourth-order valence-electron chi connectivity index (χ4n) is 0. The van der Waals surface area contributed by atoms with Gasteiger partial charge in [-0.15, -0.1) is 0 Å². The Morgan fingerprint density at radius 1 is 1.60 bits per heavy atom. The van der Waals surface area contributed by atoms with Crippen LogP contribution >= 0.6 is 0 Å². The first-order valence-corrected chi connectivity index (χ1v) is 0.854. The van der Waals surface area contributed by atoms with E-state index in [1.54, 1.807) is 6.92 Å². The van der Waals surface area contributed by atoms with Gasteiger partial charge in [-0.3, -0.25) is 6.58 Å². The molecule has 0 aromatic rings. The van der Waals surface area contributed by atoms with Gasteiger partial charge in [-0.2, -0.15) is 6.92 Å². The van der Waals surface area contributed by atoms with Crippen LogP contribution in [0.4, 0.5) is 0 Å². The second-order valence-electron chi connectivity index (χ2n) is 0.354. The second kappa shape index (κ2) is 25.5. The molecule has 0 nitrogen and oxygen atoms in total. The van der Waals surface area contributed by atoms with Gasteiger partial charge < -0.3 is 13.5 Å². The van der Waals surface area contributed by atoms with Crippen molar-refractivity contribution in [1.29, 1.82) is 0 Å². The van der Waals surface area contributed by atoms with Crippen LogP contribution in [0.3, 0.4) is 0 Å². The molecule has 0 rings (SSSR count). The molecular formula is C4H8W. The molecular weight excluding hydrogens is 232 g/mol. The van der Waals surface area contributed by atoms with Crippen molar-refractivity contribution in [3.8, 4) is 0 Å². The Hall–Kier alpha value is 0.428. The quantitative estimate of drug-likeness (QED) is 0.562. The number of allylic oxidation sites excluding steroid dienone is 1. The molecule has 0 aliphatic heterocycles. The molecule has 0 heterocycles. The second-order valence-corrected chi connectivity index (χ2v) is 0.354. The van der Waals surface area contributed by atoms with Crippen molar-refractivity contribution >= 4 is 0 Å². The molecule has 0 fully saturated rings. The summed E-state index contributed by atoms with van der Waals surface area (Å²) in [6.45, 7) is 5.00. The molecule has 0 saturated heterocycles. The minimum absolute atomic E-state index is 0. The Morgan fingerprint density at radius 2 is 1.60 bits per heavy atom. The first kappa shape index (κ1) is 18.1. The van der Waals surface area contributed by atoms with Crippen molar-refractivity contribution in [2.75, 3.05) is 0 Å². The summed E-state index contributed by atoms with van der Waals surface area (Å²) in [6, 6.07) is 0. The van der Waals surface area contributed by atoms with E-state index in [1.165, 1.54) is 0 Å². The van der Waals surface area contributed by atoms with Gasteiger partial charge in [-0.25, -0.2) is 0 Å². The molecule has 0 bridgehead atoms. The summed E-state index contributed by atoms with van der Waals surface area (Å²) in [5.74, 6) is 0. The van der Waals surface area contributed by atoms with Gasteiger partial charge in [0.1, 0.15) is 0 Å². The van der Waals surface area contributed by atoms with Gasteiger partial charge >= 0.3 is 21.1 Å². The van der Waals surface area contributed by atoms with Crippen LogP contribution < -0.4 is 0 Å². The Balaban J connectivity index is -0.0000000200. The van der Waals surface area contributed by atoms with Crippen LogP contribution in [0.25, 0.3) is 0 Å². The Kier molecular flexibility index (Phi) is 92.1. The maximum atomic E-state index is 3.24. The number of hydrogen-bond donors (Lipinski definition) is 0. The predicted octanol–water partition coefficient (Wildman–Crippen LogP) is 1.44. The van der Waals surface area contributed by atoms with Crippen molar-refractivity contribution in [3.63, 3.8) is 0 Å². The maximum Gasteiger partial charge on any atom is 2.00 e. The van der Waals surface area contributed by atoms with Crippen molar-refractivity contribution in [2.24, 2.45) is 0 Å². The molecule has 0 spiro atoms. The summed E-state index contributed by atoms with van der Waals surface area (Å²) < 4.78 is 0. The zero-order valence-electron chi connectivity index (χ0n) is 3.62. The van der Waals surface area contributed by atoms with Gasteiger partial charge in [0, 0.05) is 0 Å². The molecule has 0 aromatic carbocycles. The summed E-state index contributed by atoms with van der Waals surface area (Å²) in [4.78, 5) is 0. The van der Waals surface area contributed by atoms with Crippen LogP contribution in [0.2, 0.25) is 0 Å². The third-order valence-corrected chi connectivity index (χ3v) is 0. The van der Waals surface area contributed by atoms with Crippen molar-refractivity contribution < 1.29 is 21.1 Å². The largest absolute Gasteiger partial charge is 2.00 e. The van der Waals surface area contributed by atoms with E-state index in [2.05, 4.69) is 12.7 Å². The van der Waals surface area contributed by atoms with Gasteiger partial charge in [-0.05, 0) is 0 Å². The average molecular weight is 240 g/mol. The van der Waals surface area contributed by atoms with Gasteiger partial charge in [0.15, 0.2) is 0 Å². The third-order valence-electron chi connectivity index (χ3n) is 0. The smallest absolute Gasteiger partial charge is 0.507 e. The molecule has 0 amide bonds. The Morgan fingerprint density at radius 3 is 1.60 bits per heavy atom. The normalized spacial score (nSPS) is 2.60. The van der Waals surface area contributed by atoms with Crippen LogP contribution in [-0.2, 0) is 21.1 Å². The number of hydrogen-bond acceptors (Lipinski definition) is 0. The van der Waals surface area contributed by atoms with Crippen LogP contribution in [0.15, 0.2) is 6.58 Å². The molecule has 0 radical (unpaired) electrons.